The van der Waals surface area contributed by atoms with E-state index in [0.29, 0.717) is 38.5 Å². The van der Waals surface area contributed by atoms with E-state index < -0.39 is 10.0 Å². The maximum Gasteiger partial charge on any atom is 0.276 e. The lowest BCUT2D eigenvalue weighted by Crippen LogP contribution is -2.27. The number of nitrogens with zero attached hydrogens (tertiary/aromatic N) is 2. The van der Waals surface area contributed by atoms with Crippen molar-refractivity contribution in [3.63, 3.8) is 0 Å². The molecule has 1 fully saturated rings. The van der Waals surface area contributed by atoms with Crippen molar-refractivity contribution in [2.75, 3.05) is 19.6 Å². The molecule has 2 aromatic rings. The first-order chi connectivity index (χ1) is 12.0. The van der Waals surface area contributed by atoms with Crippen molar-refractivity contribution in [2.24, 2.45) is 0 Å². The number of halogens is 1. The monoisotopic (exact) mass is 400 g/mol. The highest BCUT2D eigenvalue weighted by molar-refractivity contribution is 7.89. The first-order valence-corrected chi connectivity index (χ1v) is 10.8. The lowest BCUT2D eigenvalue weighted by atomic mass is 10.3. The minimum Gasteiger partial charge on any atom is -0.447 e. The Balaban J connectivity index is 1.70. The van der Waals surface area contributed by atoms with Crippen molar-refractivity contribution in [1.82, 2.24) is 9.21 Å². The molecular weight excluding hydrogens is 380 g/mol. The molecule has 136 valence electrons. The number of rotatable bonds is 8. The van der Waals surface area contributed by atoms with Crippen LogP contribution in [0.2, 0.25) is 4.34 Å². The van der Waals surface area contributed by atoms with Crippen LogP contribution < -0.4 is 0 Å². The Bertz CT molecular complexity index is 823. The average molecular weight is 401 g/mol. The SMILES string of the molecule is C=CCN(Cc1ccc(S(=O)(=O)N2CCCC2)o1)Cc1ccc(Cl)s1. The first kappa shape index (κ1) is 18.7. The van der Waals surface area contributed by atoms with Crippen LogP contribution in [-0.4, -0.2) is 37.3 Å². The smallest absolute Gasteiger partial charge is 0.276 e. The molecule has 1 aliphatic rings. The van der Waals surface area contributed by atoms with Gasteiger partial charge in [-0.05, 0) is 37.1 Å². The van der Waals surface area contributed by atoms with E-state index in [1.807, 2.05) is 18.2 Å². The van der Waals surface area contributed by atoms with Gasteiger partial charge in [0, 0.05) is 31.1 Å². The highest BCUT2D eigenvalue weighted by Gasteiger charge is 2.30. The fourth-order valence-corrected chi connectivity index (χ4v) is 5.46. The van der Waals surface area contributed by atoms with Crippen molar-refractivity contribution in [1.29, 1.82) is 0 Å². The number of hydrogen-bond acceptors (Lipinski definition) is 5. The molecule has 0 atom stereocenters. The summed E-state index contributed by atoms with van der Waals surface area (Å²) in [5, 5.41) is 0.0297. The number of furan rings is 1. The first-order valence-electron chi connectivity index (χ1n) is 8.15. The fourth-order valence-electron chi connectivity index (χ4n) is 2.88. The maximum absolute atomic E-state index is 12.5. The van der Waals surface area contributed by atoms with Crippen molar-refractivity contribution < 1.29 is 12.8 Å². The Kier molecular flexibility index (Phi) is 6.01. The maximum atomic E-state index is 12.5. The summed E-state index contributed by atoms with van der Waals surface area (Å²) in [6.07, 6.45) is 3.63. The quantitative estimate of drug-likeness (QED) is 0.629. The Labute approximate surface area is 157 Å². The molecule has 0 aliphatic carbocycles. The molecule has 3 heterocycles. The third kappa shape index (κ3) is 4.54. The zero-order chi connectivity index (χ0) is 17.9. The van der Waals surface area contributed by atoms with Gasteiger partial charge in [-0.25, -0.2) is 8.42 Å². The van der Waals surface area contributed by atoms with E-state index in [4.69, 9.17) is 16.0 Å². The summed E-state index contributed by atoms with van der Waals surface area (Å²) >= 11 is 7.52. The molecular formula is C17H21ClN2O3S2. The van der Waals surface area contributed by atoms with Gasteiger partial charge in [-0.2, -0.15) is 4.31 Å². The van der Waals surface area contributed by atoms with E-state index in [1.165, 1.54) is 15.6 Å². The van der Waals surface area contributed by atoms with Gasteiger partial charge in [-0.1, -0.05) is 17.7 Å². The van der Waals surface area contributed by atoms with Crippen LogP contribution in [0.4, 0.5) is 0 Å². The fraction of sp³-hybridized carbons (Fsp3) is 0.412. The molecule has 0 unspecified atom stereocenters. The summed E-state index contributed by atoms with van der Waals surface area (Å²) in [5.74, 6) is 0.627. The molecule has 3 rings (SSSR count). The van der Waals surface area contributed by atoms with E-state index in [-0.39, 0.29) is 5.09 Å². The standard InChI is InChI=1S/C17H21ClN2O3S2/c1-2-9-19(13-15-6-7-16(18)24-15)12-14-5-8-17(23-14)25(21,22)20-10-3-4-11-20/h2,5-8H,1,3-4,9-13H2. The second kappa shape index (κ2) is 8.05. The molecule has 0 amide bonds. The Morgan fingerprint density at radius 3 is 2.64 bits per heavy atom. The van der Waals surface area contributed by atoms with Crippen LogP contribution >= 0.6 is 22.9 Å². The molecule has 0 bridgehead atoms. The average Bonchev–Trinajstić information content (AvgIpc) is 3.29. The van der Waals surface area contributed by atoms with Crippen molar-refractivity contribution in [2.45, 2.75) is 31.0 Å². The minimum absolute atomic E-state index is 0.0297. The van der Waals surface area contributed by atoms with Crippen LogP contribution in [0.3, 0.4) is 0 Å². The van der Waals surface area contributed by atoms with Gasteiger partial charge in [0.15, 0.2) is 0 Å². The Morgan fingerprint density at radius 1 is 1.24 bits per heavy atom. The van der Waals surface area contributed by atoms with E-state index in [0.717, 1.165) is 22.1 Å². The van der Waals surface area contributed by atoms with Gasteiger partial charge in [-0.15, -0.1) is 17.9 Å². The minimum atomic E-state index is -3.51. The summed E-state index contributed by atoms with van der Waals surface area (Å²) in [7, 11) is -3.51. The summed E-state index contributed by atoms with van der Waals surface area (Å²) in [6, 6.07) is 7.16. The zero-order valence-corrected chi connectivity index (χ0v) is 16.2. The van der Waals surface area contributed by atoms with Crippen LogP contribution in [0.5, 0.6) is 0 Å². The number of sulfonamides is 1. The van der Waals surface area contributed by atoms with E-state index in [1.54, 1.807) is 12.1 Å². The molecule has 5 nitrogen and oxygen atoms in total. The molecule has 2 aromatic heterocycles. The highest BCUT2D eigenvalue weighted by Crippen LogP contribution is 2.25. The lowest BCUT2D eigenvalue weighted by Gasteiger charge is -2.18. The molecule has 1 saturated heterocycles. The molecule has 1 aliphatic heterocycles. The van der Waals surface area contributed by atoms with Crippen molar-refractivity contribution in [3.05, 3.63) is 51.9 Å². The summed E-state index contributed by atoms with van der Waals surface area (Å²) in [6.45, 7) is 6.82. The highest BCUT2D eigenvalue weighted by atomic mass is 35.5. The predicted octanol–water partition coefficient (Wildman–Crippen LogP) is 3.97. The van der Waals surface area contributed by atoms with Crippen LogP contribution in [0.25, 0.3) is 0 Å². The van der Waals surface area contributed by atoms with Crippen molar-refractivity contribution >= 4 is 33.0 Å². The Morgan fingerprint density at radius 2 is 2.00 bits per heavy atom. The van der Waals surface area contributed by atoms with Crippen LogP contribution in [0, 0.1) is 0 Å². The third-order valence-electron chi connectivity index (χ3n) is 4.07. The number of hydrogen-bond donors (Lipinski definition) is 0. The normalized spacial score (nSPS) is 15.9. The summed E-state index contributed by atoms with van der Waals surface area (Å²) in [4.78, 5) is 3.27. The Hall–Kier alpha value is -1.12. The van der Waals surface area contributed by atoms with E-state index in [9.17, 15) is 8.42 Å². The number of thiophene rings is 1. The van der Waals surface area contributed by atoms with E-state index >= 15 is 0 Å². The van der Waals surface area contributed by atoms with Gasteiger partial charge in [0.1, 0.15) is 5.76 Å². The molecule has 0 spiro atoms. The zero-order valence-electron chi connectivity index (χ0n) is 13.9. The van der Waals surface area contributed by atoms with Gasteiger partial charge in [0.25, 0.3) is 10.0 Å². The summed E-state index contributed by atoms with van der Waals surface area (Å²) in [5.41, 5.74) is 0. The van der Waals surface area contributed by atoms with Gasteiger partial charge in [0.2, 0.25) is 5.09 Å². The van der Waals surface area contributed by atoms with Gasteiger partial charge < -0.3 is 4.42 Å². The second-order valence-electron chi connectivity index (χ2n) is 6.00. The largest absolute Gasteiger partial charge is 0.447 e. The molecule has 0 radical (unpaired) electrons. The van der Waals surface area contributed by atoms with Gasteiger partial charge >= 0.3 is 0 Å². The predicted molar refractivity (Wildman–Crippen MR) is 100 cm³/mol. The van der Waals surface area contributed by atoms with Gasteiger partial charge in [-0.3, -0.25) is 4.90 Å². The second-order valence-corrected chi connectivity index (χ2v) is 9.66. The molecule has 25 heavy (non-hydrogen) atoms. The molecule has 0 saturated carbocycles. The molecule has 0 aromatic carbocycles. The van der Waals surface area contributed by atoms with Gasteiger partial charge in [0.05, 0.1) is 10.9 Å². The topological polar surface area (TPSA) is 53.8 Å². The van der Waals surface area contributed by atoms with Crippen LogP contribution in [-0.2, 0) is 23.1 Å². The van der Waals surface area contributed by atoms with Crippen LogP contribution in [0.15, 0.2) is 46.4 Å². The molecule has 0 N–H and O–H groups in total. The third-order valence-corrected chi connectivity index (χ3v) is 7.06. The van der Waals surface area contributed by atoms with E-state index in [2.05, 4.69) is 11.5 Å². The van der Waals surface area contributed by atoms with Crippen molar-refractivity contribution in [3.8, 4) is 0 Å². The van der Waals surface area contributed by atoms with Crippen LogP contribution in [0.1, 0.15) is 23.5 Å². The lowest BCUT2D eigenvalue weighted by molar-refractivity contribution is 0.251. The molecule has 8 heteroatoms. The summed E-state index contributed by atoms with van der Waals surface area (Å²) < 4.78 is 33.0.